The van der Waals surface area contributed by atoms with Crippen molar-refractivity contribution in [3.8, 4) is 5.75 Å². The molecule has 0 aromatic heterocycles. The minimum Gasteiger partial charge on any atom is -0.487 e. The molecule has 1 rings (SSSR count). The van der Waals surface area contributed by atoms with Crippen LogP contribution in [-0.4, -0.2) is 24.2 Å². The third kappa shape index (κ3) is 5.78. The summed E-state index contributed by atoms with van der Waals surface area (Å²) in [5, 5.41) is 3.12. The highest BCUT2D eigenvalue weighted by molar-refractivity contribution is 7.99. The Morgan fingerprint density at radius 2 is 1.89 bits per heavy atom. The average molecular weight is 289 g/mol. The van der Waals surface area contributed by atoms with Gasteiger partial charge in [-0.1, -0.05) is 20.8 Å². The number of hydrogen-bond donors (Lipinski definition) is 1. The molecule has 5 heteroatoms. The zero-order chi connectivity index (χ0) is 14.3. The Morgan fingerprint density at radius 1 is 1.26 bits per heavy atom. The molecule has 0 radical (unpaired) electrons. The van der Waals surface area contributed by atoms with Crippen molar-refractivity contribution in [3.63, 3.8) is 0 Å². The molecule has 0 atom stereocenters. The third-order valence-electron chi connectivity index (χ3n) is 2.45. The zero-order valence-electron chi connectivity index (χ0n) is 11.6. The van der Waals surface area contributed by atoms with Gasteiger partial charge in [0.25, 0.3) is 0 Å². The third-order valence-corrected chi connectivity index (χ3v) is 3.31. The maximum absolute atomic E-state index is 13.7. The van der Waals surface area contributed by atoms with Gasteiger partial charge >= 0.3 is 0 Å². The minimum atomic E-state index is -0.637. The van der Waals surface area contributed by atoms with E-state index in [2.05, 4.69) is 5.32 Å². The van der Waals surface area contributed by atoms with Crippen LogP contribution in [0, 0.1) is 11.6 Å². The summed E-state index contributed by atoms with van der Waals surface area (Å²) in [6.07, 6.45) is 0. The molecule has 0 aliphatic rings. The van der Waals surface area contributed by atoms with E-state index in [1.165, 1.54) is 12.1 Å². The number of halogens is 2. The fraction of sp³-hybridized carbons (Fsp3) is 0.571. The van der Waals surface area contributed by atoms with E-state index in [-0.39, 0.29) is 11.8 Å². The van der Waals surface area contributed by atoms with Crippen LogP contribution >= 0.6 is 11.8 Å². The first-order valence-electron chi connectivity index (χ1n) is 6.46. The van der Waals surface area contributed by atoms with Gasteiger partial charge in [-0.2, -0.15) is 11.8 Å². The summed E-state index contributed by atoms with van der Waals surface area (Å²) in [6, 6.07) is 2.91. The Labute approximate surface area is 117 Å². The highest BCUT2D eigenvalue weighted by Gasteiger charge is 2.12. The maximum atomic E-state index is 13.7. The predicted molar refractivity (Wildman–Crippen MR) is 76.8 cm³/mol. The first-order valence-corrected chi connectivity index (χ1v) is 7.62. The highest BCUT2D eigenvalue weighted by Crippen LogP contribution is 2.23. The minimum absolute atomic E-state index is 0.271. The van der Waals surface area contributed by atoms with Gasteiger partial charge in [-0.25, -0.2) is 8.78 Å². The zero-order valence-corrected chi connectivity index (χ0v) is 12.4. The van der Waals surface area contributed by atoms with Gasteiger partial charge in [0.2, 0.25) is 0 Å². The number of rotatable bonds is 8. The van der Waals surface area contributed by atoms with Gasteiger partial charge < -0.3 is 10.1 Å². The SMILES string of the molecule is CCSCCOc1c(F)cc(CNC(C)C)cc1F. The molecule has 0 fully saturated rings. The number of ether oxygens (including phenoxy) is 1. The molecule has 1 N–H and O–H groups in total. The lowest BCUT2D eigenvalue weighted by Crippen LogP contribution is -2.22. The smallest absolute Gasteiger partial charge is 0.190 e. The van der Waals surface area contributed by atoms with E-state index >= 15 is 0 Å². The fourth-order valence-electron chi connectivity index (χ4n) is 1.52. The Morgan fingerprint density at radius 3 is 2.42 bits per heavy atom. The highest BCUT2D eigenvalue weighted by atomic mass is 32.2. The molecule has 1 aromatic carbocycles. The summed E-state index contributed by atoms with van der Waals surface area (Å²) in [5.74, 6) is 0.147. The predicted octanol–water partition coefficient (Wildman–Crippen LogP) is 3.59. The molecule has 0 bridgehead atoms. The Kier molecular flexibility index (Phi) is 7.16. The summed E-state index contributed by atoms with van der Waals surface area (Å²) < 4.78 is 32.6. The van der Waals surface area contributed by atoms with Gasteiger partial charge in [0.05, 0.1) is 6.61 Å². The quantitative estimate of drug-likeness (QED) is 0.739. The molecule has 1 aromatic rings. The molecule has 0 unspecified atom stereocenters. The van der Waals surface area contributed by atoms with Crippen molar-refractivity contribution < 1.29 is 13.5 Å². The lowest BCUT2D eigenvalue weighted by molar-refractivity contribution is 0.305. The average Bonchev–Trinajstić information content (AvgIpc) is 2.34. The van der Waals surface area contributed by atoms with Gasteiger partial charge in [-0.15, -0.1) is 0 Å². The number of benzene rings is 1. The monoisotopic (exact) mass is 289 g/mol. The van der Waals surface area contributed by atoms with E-state index in [0.29, 0.717) is 18.7 Å². The Hall–Kier alpha value is -0.810. The van der Waals surface area contributed by atoms with Crippen LogP contribution in [0.4, 0.5) is 8.78 Å². The molecule has 0 amide bonds. The largest absolute Gasteiger partial charge is 0.487 e. The first-order chi connectivity index (χ1) is 9.04. The van der Waals surface area contributed by atoms with Crippen LogP contribution in [0.2, 0.25) is 0 Å². The summed E-state index contributed by atoms with van der Waals surface area (Å²) >= 11 is 1.67. The molecular formula is C14H21F2NOS. The van der Waals surface area contributed by atoms with Crippen molar-refractivity contribution in [2.24, 2.45) is 0 Å². The molecule has 108 valence electrons. The summed E-state index contributed by atoms with van der Waals surface area (Å²) in [5.41, 5.74) is 0.582. The Bertz CT molecular complexity index is 376. The van der Waals surface area contributed by atoms with Gasteiger partial charge in [-0.05, 0) is 23.4 Å². The van der Waals surface area contributed by atoms with Crippen LogP contribution in [-0.2, 0) is 6.54 Å². The van der Waals surface area contributed by atoms with E-state index < -0.39 is 11.6 Å². The number of nitrogens with one attached hydrogen (secondary N) is 1. The normalized spacial score (nSPS) is 11.1. The molecule has 0 aliphatic heterocycles. The van der Waals surface area contributed by atoms with Gasteiger partial charge in [0.1, 0.15) is 0 Å². The second-order valence-corrected chi connectivity index (χ2v) is 5.86. The van der Waals surface area contributed by atoms with E-state index in [9.17, 15) is 8.78 Å². The molecule has 0 heterocycles. The van der Waals surface area contributed by atoms with Crippen LogP contribution in [0.5, 0.6) is 5.75 Å². The van der Waals surface area contributed by atoms with E-state index in [1.54, 1.807) is 11.8 Å². The van der Waals surface area contributed by atoms with Gasteiger partial charge in [-0.3, -0.25) is 0 Å². The standard InChI is InChI=1S/C14H21F2NOS/c1-4-19-6-5-18-14-12(15)7-11(8-13(14)16)9-17-10(2)3/h7-8,10,17H,4-6,9H2,1-3H3. The topological polar surface area (TPSA) is 21.3 Å². The van der Waals surface area contributed by atoms with Crippen LogP contribution in [0.1, 0.15) is 26.3 Å². The number of hydrogen-bond acceptors (Lipinski definition) is 3. The van der Waals surface area contributed by atoms with E-state index in [4.69, 9.17) is 4.74 Å². The molecule has 2 nitrogen and oxygen atoms in total. The van der Waals surface area contributed by atoms with Gasteiger partial charge in [0.15, 0.2) is 17.4 Å². The molecule has 0 saturated heterocycles. The van der Waals surface area contributed by atoms with Crippen molar-refractivity contribution in [3.05, 3.63) is 29.3 Å². The molecular weight excluding hydrogens is 268 g/mol. The summed E-state index contributed by atoms with van der Waals surface area (Å²) in [7, 11) is 0. The Balaban J connectivity index is 2.63. The first kappa shape index (κ1) is 16.2. The van der Waals surface area contributed by atoms with Gasteiger partial charge in [0, 0.05) is 18.3 Å². The fourth-order valence-corrected chi connectivity index (χ4v) is 2.01. The molecule has 0 saturated carbocycles. The van der Waals surface area contributed by atoms with E-state index in [0.717, 1.165) is 11.5 Å². The van der Waals surface area contributed by atoms with Crippen LogP contribution in [0.25, 0.3) is 0 Å². The molecule has 19 heavy (non-hydrogen) atoms. The van der Waals surface area contributed by atoms with Crippen LogP contribution < -0.4 is 10.1 Å². The summed E-state index contributed by atoms with van der Waals surface area (Å²) in [6.45, 7) is 6.75. The maximum Gasteiger partial charge on any atom is 0.190 e. The lowest BCUT2D eigenvalue weighted by Gasteiger charge is -2.11. The summed E-state index contributed by atoms with van der Waals surface area (Å²) in [4.78, 5) is 0. The van der Waals surface area contributed by atoms with Crippen molar-refractivity contribution >= 4 is 11.8 Å². The van der Waals surface area contributed by atoms with Crippen molar-refractivity contribution in [1.29, 1.82) is 0 Å². The molecule has 0 aliphatic carbocycles. The molecule has 0 spiro atoms. The lowest BCUT2D eigenvalue weighted by atomic mass is 10.2. The second-order valence-electron chi connectivity index (χ2n) is 4.47. The second kappa shape index (κ2) is 8.38. The van der Waals surface area contributed by atoms with Crippen molar-refractivity contribution in [2.45, 2.75) is 33.4 Å². The van der Waals surface area contributed by atoms with E-state index in [1.807, 2.05) is 20.8 Å². The van der Waals surface area contributed by atoms with Crippen LogP contribution in [0.3, 0.4) is 0 Å². The van der Waals surface area contributed by atoms with Crippen molar-refractivity contribution in [1.82, 2.24) is 5.32 Å². The van der Waals surface area contributed by atoms with Crippen LogP contribution in [0.15, 0.2) is 12.1 Å². The number of thioether (sulfide) groups is 1. The van der Waals surface area contributed by atoms with Crippen molar-refractivity contribution in [2.75, 3.05) is 18.1 Å².